The summed E-state index contributed by atoms with van der Waals surface area (Å²) in [5.41, 5.74) is 12.5. The number of unbranched alkanes of at least 4 members (excludes halogenated alkanes) is 5. The fourth-order valence-electron chi connectivity index (χ4n) is 6.82. The third-order valence-electron chi connectivity index (χ3n) is 10.6. The molecule has 0 aliphatic heterocycles. The normalized spacial score (nSPS) is 11.4. The smallest absolute Gasteiger partial charge is 0.0384 e. The zero-order valence-corrected chi connectivity index (χ0v) is 33.0. The highest BCUT2D eigenvalue weighted by atomic mass is 14.9. The minimum Gasteiger partial charge on any atom is -0.356 e. The van der Waals surface area contributed by atoms with Crippen LogP contribution in [0.15, 0.2) is 158 Å². The number of hydrogen-bond donors (Lipinski definition) is 2. The number of nitrogens with one attached hydrogen (secondary N) is 2. The van der Waals surface area contributed by atoms with Crippen LogP contribution in [-0.4, -0.2) is 0 Å². The summed E-state index contributed by atoms with van der Waals surface area (Å²) in [6, 6.07) is 56.3. The van der Waals surface area contributed by atoms with E-state index in [1.807, 2.05) is 0 Å². The second-order valence-corrected chi connectivity index (χ2v) is 15.5. The van der Waals surface area contributed by atoms with Crippen LogP contribution in [-0.2, 0) is 17.3 Å². The van der Waals surface area contributed by atoms with Gasteiger partial charge in [-0.1, -0.05) is 181 Å². The van der Waals surface area contributed by atoms with Crippen molar-refractivity contribution in [3.63, 3.8) is 0 Å². The Morgan fingerprint density at radius 3 is 1.13 bits per heavy atom. The van der Waals surface area contributed by atoms with Gasteiger partial charge >= 0.3 is 0 Å². The van der Waals surface area contributed by atoms with E-state index in [1.54, 1.807) is 0 Å². The Labute approximate surface area is 320 Å². The lowest BCUT2D eigenvalue weighted by atomic mass is 9.78. The molecule has 6 aromatic carbocycles. The molecule has 0 fully saturated rings. The lowest BCUT2D eigenvalue weighted by molar-refractivity contribution is 0.607. The average Bonchev–Trinajstić information content (AvgIpc) is 3.19. The molecular formula is C51H60N2. The SMILES string of the molecule is CC(C)(c1ccccc1)c1ccc(Nc2ccc(C(C)(C)c3ccccc3)cc2)cc1.CCCCCCCCc1ccc(Nc2ccc(C)cc2)cc1. The summed E-state index contributed by atoms with van der Waals surface area (Å²) in [5, 5.41) is 6.99. The third-order valence-corrected chi connectivity index (χ3v) is 10.6. The molecule has 0 aromatic heterocycles. The lowest BCUT2D eigenvalue weighted by Crippen LogP contribution is -2.18. The molecule has 0 saturated carbocycles. The largest absolute Gasteiger partial charge is 0.356 e. The Bertz CT molecular complexity index is 1810. The van der Waals surface area contributed by atoms with Crippen LogP contribution in [0.3, 0.4) is 0 Å². The van der Waals surface area contributed by atoms with Crippen LogP contribution in [0.4, 0.5) is 22.7 Å². The molecule has 0 radical (unpaired) electrons. The van der Waals surface area contributed by atoms with E-state index >= 15 is 0 Å². The molecule has 0 bridgehead atoms. The third kappa shape index (κ3) is 11.5. The monoisotopic (exact) mass is 700 g/mol. The number of hydrogen-bond acceptors (Lipinski definition) is 2. The Kier molecular flexibility index (Phi) is 14.1. The quantitative estimate of drug-likeness (QED) is 0.104. The molecule has 0 heterocycles. The van der Waals surface area contributed by atoms with Gasteiger partial charge in [0.15, 0.2) is 0 Å². The van der Waals surface area contributed by atoms with Crippen molar-refractivity contribution in [2.45, 2.75) is 97.3 Å². The Hall–Kier alpha value is -5.08. The molecule has 2 heteroatoms. The minimum absolute atomic E-state index is 0.0234. The predicted octanol–water partition coefficient (Wildman–Crippen LogP) is 14.7. The van der Waals surface area contributed by atoms with Gasteiger partial charge in [-0.25, -0.2) is 0 Å². The molecule has 2 nitrogen and oxygen atoms in total. The molecule has 0 aliphatic carbocycles. The molecule has 2 N–H and O–H groups in total. The first-order chi connectivity index (χ1) is 25.6. The van der Waals surface area contributed by atoms with E-state index in [0.717, 1.165) is 22.7 Å². The van der Waals surface area contributed by atoms with Crippen LogP contribution in [0.2, 0.25) is 0 Å². The summed E-state index contributed by atoms with van der Waals surface area (Å²) >= 11 is 0. The molecular weight excluding hydrogens is 641 g/mol. The van der Waals surface area contributed by atoms with Crippen molar-refractivity contribution in [2.75, 3.05) is 10.6 Å². The molecule has 0 saturated heterocycles. The molecule has 6 aromatic rings. The Morgan fingerprint density at radius 2 is 0.717 bits per heavy atom. The molecule has 274 valence electrons. The van der Waals surface area contributed by atoms with Gasteiger partial charge in [0.05, 0.1) is 0 Å². The summed E-state index contributed by atoms with van der Waals surface area (Å²) in [6.07, 6.45) is 9.39. The summed E-state index contributed by atoms with van der Waals surface area (Å²) < 4.78 is 0. The van der Waals surface area contributed by atoms with Gasteiger partial charge in [-0.2, -0.15) is 0 Å². The molecule has 6 rings (SSSR count). The minimum atomic E-state index is -0.0234. The van der Waals surface area contributed by atoms with E-state index in [-0.39, 0.29) is 10.8 Å². The second-order valence-electron chi connectivity index (χ2n) is 15.5. The van der Waals surface area contributed by atoms with Gasteiger partial charge in [0.1, 0.15) is 0 Å². The van der Waals surface area contributed by atoms with Gasteiger partial charge in [0, 0.05) is 33.6 Å². The zero-order chi connectivity index (χ0) is 37.5. The first-order valence-corrected chi connectivity index (χ1v) is 19.7. The lowest BCUT2D eigenvalue weighted by Gasteiger charge is -2.27. The van der Waals surface area contributed by atoms with Crippen molar-refractivity contribution in [3.8, 4) is 0 Å². The maximum atomic E-state index is 3.54. The maximum Gasteiger partial charge on any atom is 0.0384 e. The van der Waals surface area contributed by atoms with E-state index in [9.17, 15) is 0 Å². The highest BCUT2D eigenvalue weighted by molar-refractivity contribution is 5.62. The van der Waals surface area contributed by atoms with E-state index < -0.39 is 0 Å². The van der Waals surface area contributed by atoms with Crippen molar-refractivity contribution < 1.29 is 0 Å². The van der Waals surface area contributed by atoms with Gasteiger partial charge in [0.25, 0.3) is 0 Å². The van der Waals surface area contributed by atoms with E-state index in [1.165, 1.54) is 78.3 Å². The predicted molar refractivity (Wildman–Crippen MR) is 231 cm³/mol. The standard InChI is InChI=1S/C30H31N.C21H29N/c1-29(2,23-11-7-5-8-12-23)25-15-19-27(20-16-25)31-28-21-17-26(18-22-28)30(3,4)24-13-9-6-10-14-24;1-3-4-5-6-7-8-9-19-12-16-21(17-13-19)22-20-14-10-18(2)11-15-20/h5-22,31H,1-4H3;10-17,22H,3-9H2,1-2H3. The topological polar surface area (TPSA) is 24.1 Å². The van der Waals surface area contributed by atoms with Crippen LogP contribution in [0.25, 0.3) is 0 Å². The number of rotatable bonds is 15. The maximum absolute atomic E-state index is 3.54. The van der Waals surface area contributed by atoms with Crippen LogP contribution >= 0.6 is 0 Å². The highest BCUT2D eigenvalue weighted by Crippen LogP contribution is 2.34. The zero-order valence-electron chi connectivity index (χ0n) is 33.0. The summed E-state index contributed by atoms with van der Waals surface area (Å²) in [6.45, 7) is 13.5. The number of anilines is 4. The molecule has 0 atom stereocenters. The Morgan fingerprint density at radius 1 is 0.377 bits per heavy atom. The molecule has 0 unspecified atom stereocenters. The van der Waals surface area contributed by atoms with Crippen molar-refractivity contribution in [3.05, 3.63) is 191 Å². The van der Waals surface area contributed by atoms with Gasteiger partial charge in [-0.05, 0) is 96.1 Å². The van der Waals surface area contributed by atoms with Crippen molar-refractivity contribution in [1.82, 2.24) is 0 Å². The van der Waals surface area contributed by atoms with Crippen LogP contribution in [0.5, 0.6) is 0 Å². The van der Waals surface area contributed by atoms with E-state index in [0.29, 0.717) is 0 Å². The summed E-state index contributed by atoms with van der Waals surface area (Å²) in [7, 11) is 0. The second kappa shape index (κ2) is 19.1. The first kappa shape index (κ1) is 39.1. The highest BCUT2D eigenvalue weighted by Gasteiger charge is 2.23. The Balaban J connectivity index is 0.000000217. The summed E-state index contributed by atoms with van der Waals surface area (Å²) in [5.74, 6) is 0. The van der Waals surface area contributed by atoms with Gasteiger partial charge in [0.2, 0.25) is 0 Å². The van der Waals surface area contributed by atoms with Gasteiger partial charge < -0.3 is 10.6 Å². The van der Waals surface area contributed by atoms with Crippen LogP contribution in [0.1, 0.15) is 107 Å². The number of benzene rings is 6. The van der Waals surface area contributed by atoms with E-state index in [4.69, 9.17) is 0 Å². The van der Waals surface area contributed by atoms with Crippen molar-refractivity contribution in [2.24, 2.45) is 0 Å². The molecule has 0 aliphatic rings. The van der Waals surface area contributed by atoms with Crippen molar-refractivity contribution >= 4 is 22.7 Å². The summed E-state index contributed by atoms with van der Waals surface area (Å²) in [4.78, 5) is 0. The van der Waals surface area contributed by atoms with Crippen LogP contribution < -0.4 is 10.6 Å². The molecule has 0 amide bonds. The first-order valence-electron chi connectivity index (χ1n) is 19.7. The molecule has 53 heavy (non-hydrogen) atoms. The van der Waals surface area contributed by atoms with Crippen molar-refractivity contribution in [1.29, 1.82) is 0 Å². The fraction of sp³-hybridized carbons (Fsp3) is 0.294. The van der Waals surface area contributed by atoms with Crippen LogP contribution in [0, 0.1) is 6.92 Å². The average molecular weight is 701 g/mol. The van der Waals surface area contributed by atoms with Gasteiger partial charge in [-0.3, -0.25) is 0 Å². The fourth-order valence-corrected chi connectivity index (χ4v) is 6.82. The van der Waals surface area contributed by atoms with E-state index in [2.05, 4.69) is 210 Å². The van der Waals surface area contributed by atoms with Gasteiger partial charge in [-0.15, -0.1) is 0 Å². The number of aryl methyl sites for hydroxylation is 2. The molecule has 0 spiro atoms.